The van der Waals surface area contributed by atoms with Gasteiger partial charge in [0.1, 0.15) is 11.2 Å². The van der Waals surface area contributed by atoms with Crippen molar-refractivity contribution in [1.82, 2.24) is 0 Å². The Kier molecular flexibility index (Phi) is 6.55. The van der Waals surface area contributed by atoms with E-state index in [9.17, 15) is 0 Å². The summed E-state index contributed by atoms with van der Waals surface area (Å²) in [6.45, 7) is 4.69. The van der Waals surface area contributed by atoms with Gasteiger partial charge in [0.05, 0.1) is 11.1 Å². The van der Waals surface area contributed by atoms with Gasteiger partial charge in [-0.1, -0.05) is 166 Å². The Balaban J connectivity index is 1.17. The molecule has 0 atom stereocenters. The summed E-state index contributed by atoms with van der Waals surface area (Å²) in [5.41, 5.74) is 17.3. The fourth-order valence-corrected chi connectivity index (χ4v) is 9.83. The second-order valence-electron chi connectivity index (χ2n) is 15.2. The highest BCUT2D eigenvalue weighted by atomic mass is 16.3. The van der Waals surface area contributed by atoms with Gasteiger partial charge in [-0.3, -0.25) is 0 Å². The van der Waals surface area contributed by atoms with Crippen LogP contribution in [-0.4, -0.2) is 0 Å². The molecule has 11 rings (SSSR count). The van der Waals surface area contributed by atoms with Crippen molar-refractivity contribution in [2.45, 2.75) is 24.7 Å². The summed E-state index contributed by atoms with van der Waals surface area (Å²) < 4.78 is 7.05. The van der Waals surface area contributed by atoms with Gasteiger partial charge in [0.15, 0.2) is 0 Å². The molecule has 0 unspecified atom stereocenters. The van der Waals surface area contributed by atoms with Gasteiger partial charge in [-0.05, 0) is 80.9 Å². The number of hydrogen-bond donors (Lipinski definition) is 0. The van der Waals surface area contributed by atoms with E-state index >= 15 is 0 Å². The minimum atomic E-state index is -0.550. The second-order valence-corrected chi connectivity index (χ2v) is 15.2. The van der Waals surface area contributed by atoms with Gasteiger partial charge in [0, 0.05) is 38.7 Å². The SMILES string of the molecule is CC1(C)c2ccccc2-c2c(N(c3ccccc3)c3ccc4oc5c(C6(c7ccccc7)c7ccccc7-c7ccccc76)cccc5c4c3)cccc21. The Morgan fingerprint density at radius 1 is 0.426 bits per heavy atom. The number of nitrogens with zero attached hydrogens (tertiary/aromatic N) is 1. The molecule has 0 bridgehead atoms. The molecule has 0 radical (unpaired) electrons. The summed E-state index contributed by atoms with van der Waals surface area (Å²) in [5.74, 6) is 0. The second kappa shape index (κ2) is 11.4. The molecule has 9 aromatic rings. The first-order valence-electron chi connectivity index (χ1n) is 18.9. The molecule has 256 valence electrons. The summed E-state index contributed by atoms with van der Waals surface area (Å²) >= 11 is 0. The number of fused-ring (bicyclic) bond motifs is 9. The molecule has 54 heavy (non-hydrogen) atoms. The van der Waals surface area contributed by atoms with Crippen molar-refractivity contribution in [2.24, 2.45) is 0 Å². The van der Waals surface area contributed by atoms with Crippen LogP contribution in [0.1, 0.15) is 47.2 Å². The summed E-state index contributed by atoms with van der Waals surface area (Å²) in [5, 5.41) is 2.21. The van der Waals surface area contributed by atoms with Gasteiger partial charge in [-0.2, -0.15) is 0 Å². The zero-order chi connectivity index (χ0) is 36.0. The maximum Gasteiger partial charge on any atom is 0.140 e. The summed E-state index contributed by atoms with van der Waals surface area (Å²) in [7, 11) is 0. The third-order valence-electron chi connectivity index (χ3n) is 12.1. The molecule has 0 N–H and O–H groups in total. The molecule has 0 aliphatic heterocycles. The number of anilines is 3. The van der Waals surface area contributed by atoms with E-state index in [4.69, 9.17) is 4.42 Å². The Morgan fingerprint density at radius 3 is 1.72 bits per heavy atom. The van der Waals surface area contributed by atoms with Crippen LogP contribution in [0.25, 0.3) is 44.2 Å². The fraction of sp³-hybridized carbons (Fsp3) is 0.0769. The Morgan fingerprint density at radius 2 is 1.00 bits per heavy atom. The highest BCUT2D eigenvalue weighted by Crippen LogP contribution is 2.58. The summed E-state index contributed by atoms with van der Waals surface area (Å²) in [6.07, 6.45) is 0. The van der Waals surface area contributed by atoms with Crippen molar-refractivity contribution in [1.29, 1.82) is 0 Å². The first kappa shape index (κ1) is 30.9. The molecule has 1 heterocycles. The monoisotopic (exact) mass is 691 g/mol. The molecule has 0 saturated carbocycles. The van der Waals surface area contributed by atoms with Crippen LogP contribution < -0.4 is 4.90 Å². The number of hydrogen-bond acceptors (Lipinski definition) is 2. The van der Waals surface area contributed by atoms with E-state index in [1.807, 2.05) is 0 Å². The zero-order valence-corrected chi connectivity index (χ0v) is 30.3. The molecular formula is C52H37NO. The molecule has 0 fully saturated rings. The van der Waals surface area contributed by atoms with Crippen LogP contribution in [0.2, 0.25) is 0 Å². The van der Waals surface area contributed by atoms with Gasteiger partial charge >= 0.3 is 0 Å². The van der Waals surface area contributed by atoms with Gasteiger partial charge in [-0.15, -0.1) is 0 Å². The predicted molar refractivity (Wildman–Crippen MR) is 223 cm³/mol. The highest BCUT2D eigenvalue weighted by molar-refractivity contribution is 6.09. The fourth-order valence-electron chi connectivity index (χ4n) is 9.83. The minimum Gasteiger partial charge on any atom is -0.456 e. The van der Waals surface area contributed by atoms with Gasteiger partial charge in [-0.25, -0.2) is 0 Å². The van der Waals surface area contributed by atoms with Crippen LogP contribution in [0.4, 0.5) is 17.1 Å². The van der Waals surface area contributed by atoms with E-state index < -0.39 is 5.41 Å². The lowest BCUT2D eigenvalue weighted by Gasteiger charge is -2.33. The number of rotatable bonds is 5. The summed E-state index contributed by atoms with van der Waals surface area (Å²) in [6, 6.07) is 68.6. The zero-order valence-electron chi connectivity index (χ0n) is 30.3. The van der Waals surface area contributed by atoms with Crippen LogP contribution in [0.15, 0.2) is 192 Å². The number of benzene rings is 8. The molecule has 1 aromatic heterocycles. The predicted octanol–water partition coefficient (Wildman–Crippen LogP) is 13.7. The Bertz CT molecular complexity index is 2870. The molecule has 0 spiro atoms. The van der Waals surface area contributed by atoms with E-state index in [0.29, 0.717) is 0 Å². The molecule has 2 heteroatoms. The highest BCUT2D eigenvalue weighted by Gasteiger charge is 2.47. The molecule has 2 aliphatic rings. The van der Waals surface area contributed by atoms with Crippen molar-refractivity contribution in [3.8, 4) is 22.3 Å². The molecule has 2 nitrogen and oxygen atoms in total. The topological polar surface area (TPSA) is 16.4 Å². The molecule has 0 saturated heterocycles. The molecule has 8 aromatic carbocycles. The van der Waals surface area contributed by atoms with Crippen LogP contribution in [0.3, 0.4) is 0 Å². The van der Waals surface area contributed by atoms with Crippen molar-refractivity contribution >= 4 is 39.0 Å². The standard InChI is InChI=1S/C52H37NO/c1-51(2)42-25-12-11-23-40(42)49-45(51)28-16-30-47(49)53(35-19-7-4-8-20-35)36-31-32-48-41(33-36)39-24-15-29-46(50(39)54-48)52(34-17-5-3-6-18-34)43-26-13-9-21-37(43)38-22-10-14-27-44(38)52/h3-33H,1-2H3. The van der Waals surface area contributed by atoms with Crippen LogP contribution in [0, 0.1) is 0 Å². The van der Waals surface area contributed by atoms with E-state index in [0.717, 1.165) is 38.9 Å². The normalized spacial score (nSPS) is 14.4. The van der Waals surface area contributed by atoms with Gasteiger partial charge in [0.2, 0.25) is 0 Å². The van der Waals surface area contributed by atoms with E-state index in [2.05, 4.69) is 207 Å². The van der Waals surface area contributed by atoms with E-state index in [1.165, 1.54) is 55.8 Å². The number of furan rings is 1. The van der Waals surface area contributed by atoms with Crippen LogP contribution in [-0.2, 0) is 10.8 Å². The minimum absolute atomic E-state index is 0.0996. The first-order valence-corrected chi connectivity index (χ1v) is 18.9. The van der Waals surface area contributed by atoms with Crippen molar-refractivity contribution in [3.05, 3.63) is 221 Å². The van der Waals surface area contributed by atoms with Crippen LogP contribution >= 0.6 is 0 Å². The average molecular weight is 692 g/mol. The van der Waals surface area contributed by atoms with E-state index in [-0.39, 0.29) is 5.41 Å². The molecular weight excluding hydrogens is 655 g/mol. The molecule has 0 amide bonds. The average Bonchev–Trinajstić information content (AvgIpc) is 3.83. The van der Waals surface area contributed by atoms with Crippen LogP contribution in [0.5, 0.6) is 0 Å². The van der Waals surface area contributed by atoms with Crippen molar-refractivity contribution in [2.75, 3.05) is 4.90 Å². The van der Waals surface area contributed by atoms with Crippen molar-refractivity contribution in [3.63, 3.8) is 0 Å². The number of para-hydroxylation sites is 2. The lowest BCUT2D eigenvalue weighted by Crippen LogP contribution is -2.28. The third-order valence-corrected chi connectivity index (χ3v) is 12.1. The lowest BCUT2D eigenvalue weighted by atomic mass is 9.67. The lowest BCUT2D eigenvalue weighted by molar-refractivity contribution is 0.648. The first-order chi connectivity index (χ1) is 26.6. The van der Waals surface area contributed by atoms with E-state index in [1.54, 1.807) is 0 Å². The van der Waals surface area contributed by atoms with Gasteiger partial charge in [0.25, 0.3) is 0 Å². The third kappa shape index (κ3) is 4.11. The summed E-state index contributed by atoms with van der Waals surface area (Å²) in [4.78, 5) is 2.42. The Labute approximate surface area is 315 Å². The Hall–Kier alpha value is -6.64. The maximum atomic E-state index is 7.05. The molecule has 2 aliphatic carbocycles. The quantitative estimate of drug-likeness (QED) is 0.179. The smallest absolute Gasteiger partial charge is 0.140 e. The van der Waals surface area contributed by atoms with Gasteiger partial charge < -0.3 is 9.32 Å². The maximum absolute atomic E-state index is 7.05. The largest absolute Gasteiger partial charge is 0.456 e. The van der Waals surface area contributed by atoms with Crippen molar-refractivity contribution < 1.29 is 4.42 Å².